The Bertz CT molecular complexity index is 1350. The van der Waals surface area contributed by atoms with Crippen LogP contribution in [0.1, 0.15) is 38.1 Å². The highest BCUT2D eigenvalue weighted by Gasteiger charge is 2.32. The number of rotatable bonds is 4. The van der Waals surface area contributed by atoms with Crippen LogP contribution in [0.15, 0.2) is 73.1 Å². The molecule has 2 amide bonds. The van der Waals surface area contributed by atoms with Crippen molar-refractivity contribution in [2.45, 2.75) is 18.6 Å². The predicted octanol–water partition coefficient (Wildman–Crippen LogP) is 3.11. The van der Waals surface area contributed by atoms with E-state index in [0.717, 1.165) is 17.2 Å². The van der Waals surface area contributed by atoms with E-state index >= 15 is 0 Å². The average Bonchev–Trinajstić information content (AvgIpc) is 3.37. The molecule has 2 heterocycles. The van der Waals surface area contributed by atoms with Gasteiger partial charge in [-0.05, 0) is 47.9 Å². The van der Waals surface area contributed by atoms with Crippen molar-refractivity contribution in [1.82, 2.24) is 14.7 Å². The number of aliphatic hydroxyl groups excluding tert-OH is 1. The van der Waals surface area contributed by atoms with Gasteiger partial charge in [-0.15, -0.1) is 0 Å². The van der Waals surface area contributed by atoms with Gasteiger partial charge < -0.3 is 15.7 Å². The Morgan fingerprint density at radius 3 is 2.72 bits per heavy atom. The lowest BCUT2D eigenvalue weighted by molar-refractivity contribution is 0.0858. The van der Waals surface area contributed by atoms with E-state index in [1.54, 1.807) is 28.8 Å². The number of carbonyl (C=O) groups is 2. The number of aromatic nitrogens is 2. The first kappa shape index (κ1) is 19.9. The minimum Gasteiger partial charge on any atom is -0.386 e. The Kier molecular flexibility index (Phi) is 4.91. The average molecular weight is 430 g/mol. The first-order chi connectivity index (χ1) is 15.5. The minimum atomic E-state index is -0.815. The summed E-state index contributed by atoms with van der Waals surface area (Å²) >= 11 is 0. The molecule has 32 heavy (non-hydrogen) atoms. The molecule has 8 heteroatoms. The van der Waals surface area contributed by atoms with Crippen molar-refractivity contribution < 1.29 is 19.1 Å². The van der Waals surface area contributed by atoms with Crippen LogP contribution in [0, 0.1) is 5.82 Å². The number of anilines is 1. The second-order valence-electron chi connectivity index (χ2n) is 7.65. The van der Waals surface area contributed by atoms with Gasteiger partial charge >= 0.3 is 0 Å². The van der Waals surface area contributed by atoms with Crippen LogP contribution >= 0.6 is 0 Å². The van der Waals surface area contributed by atoms with Crippen LogP contribution in [0.25, 0.3) is 5.65 Å². The van der Waals surface area contributed by atoms with E-state index in [2.05, 4.69) is 15.6 Å². The lowest BCUT2D eigenvalue weighted by Gasteiger charge is -2.17. The van der Waals surface area contributed by atoms with Gasteiger partial charge in [0.1, 0.15) is 17.2 Å². The minimum absolute atomic E-state index is 0.121. The monoisotopic (exact) mass is 430 g/mol. The summed E-state index contributed by atoms with van der Waals surface area (Å²) in [6, 6.07) is 16.0. The van der Waals surface area contributed by atoms with E-state index in [4.69, 9.17) is 0 Å². The number of benzene rings is 2. The largest absolute Gasteiger partial charge is 0.386 e. The van der Waals surface area contributed by atoms with Crippen molar-refractivity contribution in [1.29, 1.82) is 0 Å². The zero-order valence-corrected chi connectivity index (χ0v) is 16.8. The third-order valence-electron chi connectivity index (χ3n) is 5.64. The molecule has 2 aromatic carbocycles. The number of nitrogens with zero attached hydrogens (tertiary/aromatic N) is 2. The zero-order valence-electron chi connectivity index (χ0n) is 16.8. The molecule has 0 radical (unpaired) electrons. The van der Waals surface area contributed by atoms with E-state index in [9.17, 15) is 19.1 Å². The number of carbonyl (C=O) groups excluding carboxylic acids is 2. The number of hydrogen-bond donors (Lipinski definition) is 3. The number of hydrogen-bond acceptors (Lipinski definition) is 4. The molecule has 2 aromatic heterocycles. The highest BCUT2D eigenvalue weighted by atomic mass is 19.1. The van der Waals surface area contributed by atoms with Gasteiger partial charge in [0.05, 0.1) is 24.0 Å². The third kappa shape index (κ3) is 3.50. The molecule has 1 aliphatic rings. The molecular formula is C24H19FN4O3. The molecule has 160 valence electrons. The summed E-state index contributed by atoms with van der Waals surface area (Å²) in [7, 11) is 0. The van der Waals surface area contributed by atoms with Gasteiger partial charge in [-0.25, -0.2) is 9.37 Å². The molecule has 0 saturated carbocycles. The van der Waals surface area contributed by atoms with Gasteiger partial charge in [0.25, 0.3) is 11.8 Å². The highest BCUT2D eigenvalue weighted by molar-refractivity contribution is 6.04. The van der Waals surface area contributed by atoms with Crippen molar-refractivity contribution in [2.75, 3.05) is 5.32 Å². The van der Waals surface area contributed by atoms with E-state index in [1.165, 1.54) is 18.3 Å². The summed E-state index contributed by atoms with van der Waals surface area (Å²) in [6.07, 6.45) is 2.77. The maximum Gasteiger partial charge on any atom is 0.274 e. The maximum absolute atomic E-state index is 14.4. The molecule has 0 saturated heterocycles. The van der Waals surface area contributed by atoms with Crippen molar-refractivity contribution in [3.63, 3.8) is 0 Å². The fraction of sp³-hybridized carbons (Fsp3) is 0.125. The molecule has 0 unspecified atom stereocenters. The molecule has 1 aliphatic carbocycles. The number of fused-ring (bicyclic) bond motifs is 2. The van der Waals surface area contributed by atoms with Gasteiger partial charge in [0, 0.05) is 11.8 Å². The fourth-order valence-corrected chi connectivity index (χ4v) is 4.00. The predicted molar refractivity (Wildman–Crippen MR) is 116 cm³/mol. The lowest BCUT2D eigenvalue weighted by atomic mass is 10.1. The zero-order chi connectivity index (χ0) is 22.2. The summed E-state index contributed by atoms with van der Waals surface area (Å²) < 4.78 is 16.0. The van der Waals surface area contributed by atoms with E-state index < -0.39 is 29.8 Å². The molecule has 5 rings (SSSR count). The topological polar surface area (TPSA) is 95.7 Å². The molecule has 7 nitrogen and oxygen atoms in total. The second-order valence-corrected chi connectivity index (χ2v) is 7.65. The Morgan fingerprint density at radius 1 is 1.06 bits per heavy atom. The van der Waals surface area contributed by atoms with E-state index in [1.807, 2.05) is 24.3 Å². The van der Waals surface area contributed by atoms with Crippen LogP contribution in [0.2, 0.25) is 0 Å². The summed E-state index contributed by atoms with van der Waals surface area (Å²) in [5.41, 5.74) is 2.64. The lowest BCUT2D eigenvalue weighted by Crippen LogP contribution is -2.37. The van der Waals surface area contributed by atoms with Crippen molar-refractivity contribution in [2.24, 2.45) is 0 Å². The number of halogens is 1. The Hall–Kier alpha value is -4.04. The summed E-state index contributed by atoms with van der Waals surface area (Å²) in [5.74, 6) is -1.69. The number of nitrogens with one attached hydrogen (secondary N) is 2. The molecular weight excluding hydrogens is 411 g/mol. The Labute approximate surface area is 182 Å². The SMILES string of the molecule is O=C(N[C@H]1Cc2ccccc2[C@H]1O)c1ccc(F)c(NC(=O)c2cnc3ccccn23)c1. The molecule has 0 spiro atoms. The van der Waals surface area contributed by atoms with Crippen LogP contribution in [0.5, 0.6) is 0 Å². The normalized spacial score (nSPS) is 17.2. The summed E-state index contributed by atoms with van der Waals surface area (Å²) in [5, 5.41) is 15.8. The summed E-state index contributed by atoms with van der Waals surface area (Å²) in [4.78, 5) is 29.6. The first-order valence-corrected chi connectivity index (χ1v) is 10.1. The molecule has 4 aromatic rings. The first-order valence-electron chi connectivity index (χ1n) is 10.1. The standard InChI is InChI=1S/C24H19FN4O3/c25-17-9-8-15(23(31)28-19-11-14-5-1-2-6-16(14)22(19)30)12-18(17)27-24(32)20-13-26-21-7-3-4-10-29(20)21/h1-10,12-13,19,22,30H,11H2,(H,27,32)(H,28,31)/t19-,22+/m0/s1. The molecule has 2 atom stereocenters. The molecule has 0 fully saturated rings. The number of pyridine rings is 1. The maximum atomic E-state index is 14.4. The van der Waals surface area contributed by atoms with Gasteiger partial charge in [-0.1, -0.05) is 30.3 Å². The van der Waals surface area contributed by atoms with Crippen molar-refractivity contribution >= 4 is 23.1 Å². The van der Waals surface area contributed by atoms with Gasteiger partial charge in [0.2, 0.25) is 0 Å². The molecule has 0 aliphatic heterocycles. The smallest absolute Gasteiger partial charge is 0.274 e. The van der Waals surface area contributed by atoms with E-state index in [-0.39, 0.29) is 16.9 Å². The second kappa shape index (κ2) is 7.90. The van der Waals surface area contributed by atoms with Crippen LogP contribution in [0.3, 0.4) is 0 Å². The highest BCUT2D eigenvalue weighted by Crippen LogP contribution is 2.31. The van der Waals surface area contributed by atoms with Gasteiger partial charge in [-0.2, -0.15) is 0 Å². The van der Waals surface area contributed by atoms with Crippen LogP contribution in [0.4, 0.5) is 10.1 Å². The van der Waals surface area contributed by atoms with Crippen LogP contribution < -0.4 is 10.6 Å². The van der Waals surface area contributed by atoms with Gasteiger partial charge in [-0.3, -0.25) is 14.0 Å². The Balaban J connectivity index is 1.34. The Morgan fingerprint density at radius 2 is 1.88 bits per heavy atom. The fourth-order valence-electron chi connectivity index (χ4n) is 4.00. The van der Waals surface area contributed by atoms with E-state index in [0.29, 0.717) is 12.1 Å². The van der Waals surface area contributed by atoms with Crippen LogP contribution in [-0.4, -0.2) is 32.3 Å². The molecule has 0 bridgehead atoms. The van der Waals surface area contributed by atoms with Gasteiger partial charge in [0.15, 0.2) is 0 Å². The third-order valence-corrected chi connectivity index (χ3v) is 5.64. The number of amides is 2. The summed E-state index contributed by atoms with van der Waals surface area (Å²) in [6.45, 7) is 0. The number of imidazole rings is 1. The number of aliphatic hydroxyl groups is 1. The van der Waals surface area contributed by atoms with Crippen molar-refractivity contribution in [3.05, 3.63) is 101 Å². The quantitative estimate of drug-likeness (QED) is 0.464. The molecule has 3 N–H and O–H groups in total. The van der Waals surface area contributed by atoms with Crippen molar-refractivity contribution in [3.8, 4) is 0 Å². The van der Waals surface area contributed by atoms with Crippen LogP contribution in [-0.2, 0) is 6.42 Å².